The molecule has 0 spiro atoms. The Hall–Kier alpha value is -2.20. The van der Waals surface area contributed by atoms with Crippen LogP contribution >= 0.6 is 11.3 Å². The van der Waals surface area contributed by atoms with Gasteiger partial charge in [0.05, 0.1) is 12.2 Å². The molecule has 6 nitrogen and oxygen atoms in total. The van der Waals surface area contributed by atoms with Crippen molar-refractivity contribution < 1.29 is 4.79 Å². The summed E-state index contributed by atoms with van der Waals surface area (Å²) in [5, 5.41) is 13.8. The quantitative estimate of drug-likeness (QED) is 0.883. The second kappa shape index (κ2) is 4.76. The fraction of sp³-hybridized carbons (Fsp3) is 0.200. The minimum absolute atomic E-state index is 0.147. The summed E-state index contributed by atoms with van der Waals surface area (Å²) in [4.78, 5) is 19.0. The van der Waals surface area contributed by atoms with Gasteiger partial charge in [0.25, 0.3) is 0 Å². The maximum absolute atomic E-state index is 10.8. The fourth-order valence-corrected chi connectivity index (χ4v) is 2.06. The minimum Gasteiger partial charge on any atom is -0.317 e. The lowest BCUT2D eigenvalue weighted by Gasteiger charge is -1.99. The molecule has 0 aliphatic heterocycles. The molecule has 2 rings (SSSR count). The minimum atomic E-state index is -0.147. The van der Waals surface area contributed by atoms with Gasteiger partial charge in [0.15, 0.2) is 5.13 Å². The molecule has 1 N–H and O–H groups in total. The molecule has 0 aromatic carbocycles. The SMILES string of the molecule is CC(=O)Nc1nc(Cn2ccnc2C#N)cs1. The topological polar surface area (TPSA) is 83.6 Å². The first-order valence-corrected chi connectivity index (χ1v) is 5.70. The van der Waals surface area contributed by atoms with Crippen molar-refractivity contribution in [2.24, 2.45) is 0 Å². The number of rotatable bonds is 3. The smallest absolute Gasteiger partial charge is 0.223 e. The first kappa shape index (κ1) is 11.3. The van der Waals surface area contributed by atoms with Crippen LogP contribution in [0.1, 0.15) is 18.4 Å². The van der Waals surface area contributed by atoms with Crippen LogP contribution in [0.2, 0.25) is 0 Å². The first-order chi connectivity index (χ1) is 8.19. The van der Waals surface area contributed by atoms with E-state index in [1.807, 2.05) is 11.4 Å². The van der Waals surface area contributed by atoms with Crippen molar-refractivity contribution >= 4 is 22.4 Å². The van der Waals surface area contributed by atoms with Crippen molar-refractivity contribution in [3.63, 3.8) is 0 Å². The van der Waals surface area contributed by atoms with Gasteiger partial charge >= 0.3 is 0 Å². The molecular weight excluding hydrogens is 238 g/mol. The molecule has 7 heteroatoms. The molecule has 0 fully saturated rings. The molecule has 0 aliphatic rings. The van der Waals surface area contributed by atoms with Gasteiger partial charge in [0.1, 0.15) is 6.07 Å². The standard InChI is InChI=1S/C10H9N5OS/c1-7(16)13-10-14-8(6-17-10)5-15-3-2-12-9(15)4-11/h2-3,6H,5H2,1H3,(H,13,14,16). The molecule has 0 saturated carbocycles. The number of carbonyl (C=O) groups excluding carboxylic acids is 1. The molecule has 2 aromatic rings. The van der Waals surface area contributed by atoms with Gasteiger partial charge in [-0.3, -0.25) is 4.79 Å². The van der Waals surface area contributed by atoms with Crippen molar-refractivity contribution in [1.82, 2.24) is 14.5 Å². The Morgan fingerprint density at radius 2 is 2.53 bits per heavy atom. The summed E-state index contributed by atoms with van der Waals surface area (Å²) in [6, 6.07) is 1.99. The van der Waals surface area contributed by atoms with E-state index in [9.17, 15) is 4.79 Å². The Labute approximate surface area is 102 Å². The van der Waals surface area contributed by atoms with Crippen molar-refractivity contribution in [2.45, 2.75) is 13.5 Å². The third-order valence-corrected chi connectivity index (χ3v) is 2.79. The van der Waals surface area contributed by atoms with Crippen molar-refractivity contribution in [1.29, 1.82) is 5.26 Å². The Balaban J connectivity index is 2.12. The van der Waals surface area contributed by atoms with E-state index < -0.39 is 0 Å². The van der Waals surface area contributed by atoms with E-state index in [1.54, 1.807) is 17.0 Å². The van der Waals surface area contributed by atoms with Crippen LogP contribution in [0.15, 0.2) is 17.8 Å². The van der Waals surface area contributed by atoms with Gasteiger partial charge in [-0.2, -0.15) is 5.26 Å². The number of nitrogens with one attached hydrogen (secondary N) is 1. The average molecular weight is 247 g/mol. The van der Waals surface area contributed by atoms with E-state index in [2.05, 4.69) is 15.3 Å². The lowest BCUT2D eigenvalue weighted by Crippen LogP contribution is -2.06. The molecular formula is C10H9N5OS. The Morgan fingerprint density at radius 1 is 1.71 bits per heavy atom. The number of imidazole rings is 1. The van der Waals surface area contributed by atoms with E-state index in [1.165, 1.54) is 18.3 Å². The number of carbonyl (C=O) groups is 1. The largest absolute Gasteiger partial charge is 0.317 e. The molecule has 0 aliphatic carbocycles. The summed E-state index contributed by atoms with van der Waals surface area (Å²) >= 11 is 1.35. The van der Waals surface area contributed by atoms with E-state index in [0.29, 0.717) is 17.5 Å². The molecule has 2 heterocycles. The molecule has 0 saturated heterocycles. The third-order valence-electron chi connectivity index (χ3n) is 1.98. The molecule has 0 unspecified atom stereocenters. The summed E-state index contributed by atoms with van der Waals surface area (Å²) in [6.45, 7) is 1.91. The molecule has 2 aromatic heterocycles. The second-order valence-electron chi connectivity index (χ2n) is 3.32. The summed E-state index contributed by atoms with van der Waals surface area (Å²) in [5.74, 6) is 0.199. The lowest BCUT2D eigenvalue weighted by molar-refractivity contribution is -0.114. The van der Waals surface area contributed by atoms with E-state index in [4.69, 9.17) is 5.26 Å². The highest BCUT2D eigenvalue weighted by molar-refractivity contribution is 7.13. The molecule has 0 bridgehead atoms. The number of nitrogens with zero attached hydrogens (tertiary/aromatic N) is 4. The lowest BCUT2D eigenvalue weighted by atomic mass is 10.4. The van der Waals surface area contributed by atoms with Crippen LogP contribution in [-0.4, -0.2) is 20.4 Å². The zero-order valence-corrected chi connectivity index (χ0v) is 9.86. The predicted molar refractivity (Wildman–Crippen MR) is 62.5 cm³/mol. The van der Waals surface area contributed by atoms with Crippen LogP contribution in [0.4, 0.5) is 5.13 Å². The van der Waals surface area contributed by atoms with Crippen LogP contribution < -0.4 is 5.32 Å². The second-order valence-corrected chi connectivity index (χ2v) is 4.17. The number of hydrogen-bond donors (Lipinski definition) is 1. The van der Waals surface area contributed by atoms with Gasteiger partial charge in [-0.1, -0.05) is 0 Å². The Morgan fingerprint density at radius 3 is 3.24 bits per heavy atom. The highest BCUT2D eigenvalue weighted by Gasteiger charge is 2.06. The highest BCUT2D eigenvalue weighted by Crippen LogP contribution is 2.16. The molecule has 0 atom stereocenters. The summed E-state index contributed by atoms with van der Waals surface area (Å²) in [7, 11) is 0. The number of aromatic nitrogens is 3. The highest BCUT2D eigenvalue weighted by atomic mass is 32.1. The van der Waals surface area contributed by atoms with Gasteiger partial charge in [-0.15, -0.1) is 11.3 Å². The monoisotopic (exact) mass is 247 g/mol. The van der Waals surface area contributed by atoms with Crippen molar-refractivity contribution in [3.8, 4) is 6.07 Å². The van der Waals surface area contributed by atoms with E-state index >= 15 is 0 Å². The predicted octanol–water partition coefficient (Wildman–Crippen LogP) is 1.22. The van der Waals surface area contributed by atoms with E-state index in [0.717, 1.165) is 5.69 Å². The number of nitriles is 1. The maximum atomic E-state index is 10.8. The molecule has 0 radical (unpaired) electrons. The van der Waals surface area contributed by atoms with Gasteiger partial charge < -0.3 is 9.88 Å². The number of anilines is 1. The van der Waals surface area contributed by atoms with Crippen molar-refractivity contribution in [3.05, 3.63) is 29.3 Å². The zero-order chi connectivity index (χ0) is 12.3. The van der Waals surface area contributed by atoms with Crippen LogP contribution in [0, 0.1) is 11.3 Å². The third kappa shape index (κ3) is 2.68. The van der Waals surface area contributed by atoms with Gasteiger partial charge in [-0.05, 0) is 0 Å². The Bertz CT molecular complexity index is 580. The molecule has 1 amide bonds. The summed E-state index contributed by atoms with van der Waals surface area (Å²) in [6.07, 6.45) is 3.29. The number of amides is 1. The van der Waals surface area contributed by atoms with E-state index in [-0.39, 0.29) is 5.91 Å². The first-order valence-electron chi connectivity index (χ1n) is 4.82. The van der Waals surface area contributed by atoms with Gasteiger partial charge in [-0.25, -0.2) is 9.97 Å². The van der Waals surface area contributed by atoms with Crippen LogP contribution in [0.5, 0.6) is 0 Å². The summed E-state index contributed by atoms with van der Waals surface area (Å²) in [5.41, 5.74) is 0.785. The normalized spacial score (nSPS) is 9.88. The average Bonchev–Trinajstić information content (AvgIpc) is 2.87. The van der Waals surface area contributed by atoms with Crippen LogP contribution in [0.25, 0.3) is 0 Å². The number of thiazole rings is 1. The zero-order valence-electron chi connectivity index (χ0n) is 9.04. The van der Waals surface area contributed by atoms with Crippen LogP contribution in [-0.2, 0) is 11.3 Å². The Kier molecular flexibility index (Phi) is 3.16. The van der Waals surface area contributed by atoms with Crippen molar-refractivity contribution in [2.75, 3.05) is 5.32 Å². The van der Waals surface area contributed by atoms with Gasteiger partial charge in [0.2, 0.25) is 11.7 Å². The van der Waals surface area contributed by atoms with Gasteiger partial charge in [0, 0.05) is 24.7 Å². The number of hydrogen-bond acceptors (Lipinski definition) is 5. The summed E-state index contributed by atoms with van der Waals surface area (Å²) < 4.78 is 1.70. The van der Waals surface area contributed by atoms with Crippen LogP contribution in [0.3, 0.4) is 0 Å². The fourth-order valence-electron chi connectivity index (χ4n) is 1.31. The molecule has 86 valence electrons. The maximum Gasteiger partial charge on any atom is 0.223 e. The molecule has 17 heavy (non-hydrogen) atoms.